The van der Waals surface area contributed by atoms with Crippen LogP contribution in [0.25, 0.3) is 10.9 Å². The molecule has 0 aliphatic heterocycles. The molecule has 1 heterocycles. The number of anilines is 1. The first-order chi connectivity index (χ1) is 15.4. The van der Waals surface area contributed by atoms with Gasteiger partial charge in [0.25, 0.3) is 11.7 Å². The van der Waals surface area contributed by atoms with Crippen molar-refractivity contribution in [2.75, 3.05) is 12.4 Å². The van der Waals surface area contributed by atoms with Gasteiger partial charge in [-0.3, -0.25) is 9.59 Å². The number of hydrogen-bond donors (Lipinski definition) is 1. The summed E-state index contributed by atoms with van der Waals surface area (Å²) < 4.78 is 34.0. The average Bonchev–Trinajstić information content (AvgIpc) is 3.05. The summed E-state index contributed by atoms with van der Waals surface area (Å²) in [5.74, 6) is -1.94. The predicted octanol–water partition coefficient (Wildman–Crippen LogP) is 5.11. The smallest absolute Gasteiger partial charge is 0.296 e. The van der Waals surface area contributed by atoms with E-state index in [2.05, 4.69) is 5.32 Å². The van der Waals surface area contributed by atoms with Gasteiger partial charge in [0.2, 0.25) is 0 Å². The minimum Gasteiger partial charge on any atom is -0.497 e. The van der Waals surface area contributed by atoms with Crippen molar-refractivity contribution in [2.24, 2.45) is 0 Å². The van der Waals surface area contributed by atoms with Crippen LogP contribution in [0.5, 0.6) is 5.75 Å². The summed E-state index contributed by atoms with van der Waals surface area (Å²) >= 11 is 0. The van der Waals surface area contributed by atoms with Gasteiger partial charge in [0.05, 0.1) is 12.7 Å². The number of aromatic nitrogens is 1. The molecular formula is C25H20F2N2O3. The van der Waals surface area contributed by atoms with Gasteiger partial charge in [-0.25, -0.2) is 8.78 Å². The Morgan fingerprint density at radius 3 is 2.41 bits per heavy atom. The number of carbonyl (C=O) groups excluding carboxylic acids is 2. The van der Waals surface area contributed by atoms with E-state index in [-0.39, 0.29) is 17.1 Å². The molecule has 1 aromatic heterocycles. The zero-order valence-corrected chi connectivity index (χ0v) is 17.5. The quantitative estimate of drug-likeness (QED) is 0.339. The SMILES string of the molecule is COc1ccc2c(c1)c(C(=O)C(=O)Nc1cccc(F)c1)c(C)n2Cc1ccc(F)cc1. The highest BCUT2D eigenvalue weighted by molar-refractivity contribution is 6.48. The number of nitrogens with zero attached hydrogens (tertiary/aromatic N) is 1. The van der Waals surface area contributed by atoms with Crippen molar-refractivity contribution in [1.29, 1.82) is 0 Å². The van der Waals surface area contributed by atoms with Crippen LogP contribution in [0.1, 0.15) is 21.6 Å². The fourth-order valence-corrected chi connectivity index (χ4v) is 3.72. The van der Waals surface area contributed by atoms with Crippen molar-refractivity contribution >= 4 is 28.3 Å². The van der Waals surface area contributed by atoms with Crippen molar-refractivity contribution in [3.63, 3.8) is 0 Å². The van der Waals surface area contributed by atoms with Crippen LogP contribution in [0.15, 0.2) is 66.7 Å². The number of nitrogens with one attached hydrogen (secondary N) is 1. The summed E-state index contributed by atoms with van der Waals surface area (Å²) in [4.78, 5) is 25.9. The third-order valence-corrected chi connectivity index (χ3v) is 5.30. The molecule has 7 heteroatoms. The van der Waals surface area contributed by atoms with Crippen molar-refractivity contribution in [3.8, 4) is 5.75 Å². The van der Waals surface area contributed by atoms with Gasteiger partial charge in [-0.15, -0.1) is 0 Å². The summed E-state index contributed by atoms with van der Waals surface area (Å²) in [5, 5.41) is 3.01. The van der Waals surface area contributed by atoms with E-state index in [9.17, 15) is 18.4 Å². The van der Waals surface area contributed by atoms with Gasteiger partial charge in [-0.1, -0.05) is 18.2 Å². The second-order valence-corrected chi connectivity index (χ2v) is 7.35. The summed E-state index contributed by atoms with van der Waals surface area (Å²) in [6, 6.07) is 16.7. The van der Waals surface area contributed by atoms with Crippen LogP contribution in [-0.4, -0.2) is 23.4 Å². The maximum Gasteiger partial charge on any atom is 0.296 e. The third-order valence-electron chi connectivity index (χ3n) is 5.30. The van der Waals surface area contributed by atoms with Crippen LogP contribution in [0, 0.1) is 18.6 Å². The van der Waals surface area contributed by atoms with Gasteiger partial charge in [-0.05, 0) is 61.0 Å². The van der Waals surface area contributed by atoms with Crippen molar-refractivity contribution < 1.29 is 23.1 Å². The van der Waals surface area contributed by atoms with Gasteiger partial charge in [-0.2, -0.15) is 0 Å². The Kier molecular flexibility index (Phi) is 5.73. The molecule has 0 bridgehead atoms. The number of hydrogen-bond acceptors (Lipinski definition) is 3. The van der Waals surface area contributed by atoms with Gasteiger partial charge >= 0.3 is 0 Å². The van der Waals surface area contributed by atoms with Crippen molar-refractivity contribution in [3.05, 3.63) is 95.2 Å². The van der Waals surface area contributed by atoms with Crippen LogP contribution in [0.4, 0.5) is 14.5 Å². The molecule has 4 rings (SSSR count). The van der Waals surface area contributed by atoms with E-state index >= 15 is 0 Å². The van der Waals surface area contributed by atoms with Gasteiger partial charge in [0, 0.05) is 28.8 Å². The van der Waals surface area contributed by atoms with Crippen molar-refractivity contribution in [2.45, 2.75) is 13.5 Å². The van der Waals surface area contributed by atoms with Crippen LogP contribution in [-0.2, 0) is 11.3 Å². The summed E-state index contributed by atoms with van der Waals surface area (Å²) in [6.45, 7) is 2.13. The maximum absolute atomic E-state index is 13.5. The first-order valence-electron chi connectivity index (χ1n) is 9.90. The van der Waals surface area contributed by atoms with Crippen LogP contribution >= 0.6 is 0 Å². The number of ketones is 1. The molecular weight excluding hydrogens is 414 g/mol. The molecule has 162 valence electrons. The van der Waals surface area contributed by atoms with E-state index in [1.165, 1.54) is 37.4 Å². The molecule has 1 amide bonds. The van der Waals surface area contributed by atoms with Crippen LogP contribution in [0.3, 0.4) is 0 Å². The number of methoxy groups -OCH3 is 1. The Hall–Kier alpha value is -4.00. The van der Waals surface area contributed by atoms with Gasteiger partial charge < -0.3 is 14.6 Å². The monoisotopic (exact) mass is 434 g/mol. The number of amides is 1. The molecule has 0 fully saturated rings. The van der Waals surface area contributed by atoms with E-state index < -0.39 is 17.5 Å². The fraction of sp³-hybridized carbons (Fsp3) is 0.120. The molecule has 1 N–H and O–H groups in total. The largest absolute Gasteiger partial charge is 0.497 e. The number of halogens is 2. The van der Waals surface area contributed by atoms with E-state index in [0.29, 0.717) is 23.4 Å². The Balaban J connectivity index is 1.77. The third kappa shape index (κ3) is 4.09. The molecule has 0 spiro atoms. The zero-order valence-electron chi connectivity index (χ0n) is 17.5. The highest BCUT2D eigenvalue weighted by Crippen LogP contribution is 2.31. The number of benzene rings is 3. The summed E-state index contributed by atoms with van der Waals surface area (Å²) in [6.07, 6.45) is 0. The number of rotatable bonds is 6. The average molecular weight is 434 g/mol. The molecule has 32 heavy (non-hydrogen) atoms. The lowest BCUT2D eigenvalue weighted by Gasteiger charge is -2.09. The molecule has 0 atom stereocenters. The summed E-state index contributed by atoms with van der Waals surface area (Å²) in [7, 11) is 1.52. The lowest BCUT2D eigenvalue weighted by atomic mass is 10.1. The van der Waals surface area contributed by atoms with Crippen LogP contribution < -0.4 is 10.1 Å². The molecule has 0 aliphatic rings. The molecule has 0 unspecified atom stereocenters. The Morgan fingerprint density at radius 2 is 1.72 bits per heavy atom. The first kappa shape index (κ1) is 21.2. The first-order valence-corrected chi connectivity index (χ1v) is 9.90. The normalized spacial score (nSPS) is 10.9. The lowest BCUT2D eigenvalue weighted by Crippen LogP contribution is -2.23. The Bertz CT molecular complexity index is 1330. The Morgan fingerprint density at radius 1 is 0.969 bits per heavy atom. The zero-order chi connectivity index (χ0) is 22.8. The fourth-order valence-electron chi connectivity index (χ4n) is 3.72. The van der Waals surface area contributed by atoms with Gasteiger partial charge in [0.1, 0.15) is 17.4 Å². The van der Waals surface area contributed by atoms with Gasteiger partial charge in [0.15, 0.2) is 0 Å². The van der Waals surface area contributed by atoms with E-state index in [0.717, 1.165) is 17.1 Å². The van der Waals surface area contributed by atoms with Crippen LogP contribution in [0.2, 0.25) is 0 Å². The topological polar surface area (TPSA) is 60.3 Å². The minimum atomic E-state index is -0.873. The van der Waals surface area contributed by atoms with E-state index in [1.54, 1.807) is 31.2 Å². The van der Waals surface area contributed by atoms with E-state index in [4.69, 9.17) is 4.74 Å². The molecule has 0 aliphatic carbocycles. The van der Waals surface area contributed by atoms with E-state index in [1.807, 2.05) is 10.6 Å². The second kappa shape index (κ2) is 8.63. The lowest BCUT2D eigenvalue weighted by molar-refractivity contribution is -0.112. The minimum absolute atomic E-state index is 0.189. The molecule has 0 radical (unpaired) electrons. The standard InChI is InChI=1S/C25H20F2N2O3/c1-15-23(24(30)25(31)28-19-5-3-4-18(27)12-19)21-13-20(32-2)10-11-22(21)29(15)14-16-6-8-17(26)9-7-16/h3-13H,14H2,1-2H3,(H,28,31). The molecule has 0 saturated carbocycles. The molecule has 0 saturated heterocycles. The molecule has 3 aromatic carbocycles. The number of ether oxygens (including phenoxy) is 1. The maximum atomic E-state index is 13.5. The number of Topliss-reactive ketones (excluding diaryl/α,β-unsaturated/α-hetero) is 1. The second-order valence-electron chi connectivity index (χ2n) is 7.35. The highest BCUT2D eigenvalue weighted by atomic mass is 19.1. The number of fused-ring (bicyclic) bond motifs is 1. The predicted molar refractivity (Wildman–Crippen MR) is 118 cm³/mol. The Labute approximate surface area is 183 Å². The number of carbonyl (C=O) groups is 2. The molecule has 5 nitrogen and oxygen atoms in total. The summed E-state index contributed by atoms with van der Waals surface area (Å²) in [5.41, 5.74) is 2.57. The highest BCUT2D eigenvalue weighted by Gasteiger charge is 2.26. The molecule has 4 aromatic rings. The van der Waals surface area contributed by atoms with Crippen molar-refractivity contribution in [1.82, 2.24) is 4.57 Å².